The third-order valence-corrected chi connectivity index (χ3v) is 4.65. The van der Waals surface area contributed by atoms with Crippen molar-refractivity contribution in [3.8, 4) is 18.4 Å². The van der Waals surface area contributed by atoms with Crippen LogP contribution in [0.2, 0.25) is 0 Å². The SMILES string of the molecule is C#Cc1cc(CO)cc(C2(C(C)C)C(C#N)=C(N)OC(N)=C2C(C)=N)c1. The van der Waals surface area contributed by atoms with Gasteiger partial charge in [0.05, 0.1) is 12.0 Å². The molecule has 0 saturated carbocycles. The molecule has 1 aromatic carbocycles. The van der Waals surface area contributed by atoms with Gasteiger partial charge in [-0.15, -0.1) is 6.42 Å². The van der Waals surface area contributed by atoms with E-state index in [-0.39, 0.29) is 35.6 Å². The molecule has 1 atom stereocenters. The van der Waals surface area contributed by atoms with Crippen LogP contribution < -0.4 is 11.5 Å². The Morgan fingerprint density at radius 1 is 1.35 bits per heavy atom. The maximum absolute atomic E-state index is 9.85. The van der Waals surface area contributed by atoms with Crippen molar-refractivity contribution < 1.29 is 9.84 Å². The minimum absolute atomic E-state index is 0.0145. The number of nitrogens with one attached hydrogen (secondary N) is 1. The van der Waals surface area contributed by atoms with Crippen molar-refractivity contribution in [2.75, 3.05) is 0 Å². The molecule has 0 fully saturated rings. The highest BCUT2D eigenvalue weighted by Crippen LogP contribution is 2.50. The summed E-state index contributed by atoms with van der Waals surface area (Å²) in [6, 6.07) is 7.34. The fraction of sp³-hybridized carbons (Fsp3) is 0.300. The number of terminal acetylenes is 1. The lowest BCUT2D eigenvalue weighted by Crippen LogP contribution is -2.45. The summed E-state index contributed by atoms with van der Waals surface area (Å²) in [5, 5.41) is 27.8. The molecule has 1 unspecified atom stereocenters. The zero-order valence-electron chi connectivity index (χ0n) is 15.1. The van der Waals surface area contributed by atoms with E-state index in [1.54, 1.807) is 25.1 Å². The van der Waals surface area contributed by atoms with Crippen molar-refractivity contribution in [3.63, 3.8) is 0 Å². The molecule has 0 aromatic heterocycles. The Bertz CT molecular complexity index is 913. The molecule has 6 nitrogen and oxygen atoms in total. The highest BCUT2D eigenvalue weighted by Gasteiger charge is 2.50. The molecule has 1 aromatic rings. The molecular weight excluding hydrogens is 328 g/mol. The smallest absolute Gasteiger partial charge is 0.207 e. The average Bonchev–Trinajstić information content (AvgIpc) is 2.59. The molecule has 0 saturated heterocycles. The van der Waals surface area contributed by atoms with Crippen LogP contribution in [-0.4, -0.2) is 10.8 Å². The van der Waals surface area contributed by atoms with E-state index in [0.717, 1.165) is 0 Å². The Balaban J connectivity index is 3.04. The van der Waals surface area contributed by atoms with Gasteiger partial charge in [0.1, 0.15) is 11.6 Å². The lowest BCUT2D eigenvalue weighted by atomic mass is 9.60. The van der Waals surface area contributed by atoms with Crippen molar-refractivity contribution in [3.05, 3.63) is 57.8 Å². The lowest BCUT2D eigenvalue weighted by Gasteiger charge is -2.43. The maximum atomic E-state index is 9.85. The van der Waals surface area contributed by atoms with Gasteiger partial charge in [-0.25, -0.2) is 0 Å². The van der Waals surface area contributed by atoms with E-state index >= 15 is 0 Å². The number of ether oxygens (including phenoxy) is 1. The zero-order chi connectivity index (χ0) is 19.6. The van der Waals surface area contributed by atoms with E-state index < -0.39 is 5.41 Å². The van der Waals surface area contributed by atoms with Crippen LogP contribution in [0.15, 0.2) is 41.1 Å². The molecule has 6 heteroatoms. The van der Waals surface area contributed by atoms with Gasteiger partial charge < -0.3 is 26.7 Å². The number of aliphatic hydroxyl groups excluding tert-OH is 1. The van der Waals surface area contributed by atoms with Crippen LogP contribution in [-0.2, 0) is 16.8 Å². The Labute approximate surface area is 153 Å². The second-order valence-electron chi connectivity index (χ2n) is 6.50. The average molecular weight is 350 g/mol. The summed E-state index contributed by atoms with van der Waals surface area (Å²) >= 11 is 0. The Morgan fingerprint density at radius 3 is 2.46 bits per heavy atom. The lowest BCUT2D eigenvalue weighted by molar-refractivity contribution is 0.249. The van der Waals surface area contributed by atoms with E-state index in [2.05, 4.69) is 12.0 Å². The largest absolute Gasteiger partial charge is 0.424 e. The van der Waals surface area contributed by atoms with Crippen molar-refractivity contribution in [2.45, 2.75) is 32.8 Å². The number of nitrogens with two attached hydrogens (primary N) is 2. The molecule has 1 aliphatic rings. The number of rotatable bonds is 4. The normalized spacial score (nSPS) is 19.8. The predicted molar refractivity (Wildman–Crippen MR) is 99.3 cm³/mol. The van der Waals surface area contributed by atoms with Crippen LogP contribution in [0.4, 0.5) is 0 Å². The van der Waals surface area contributed by atoms with Gasteiger partial charge in [-0.2, -0.15) is 5.26 Å². The molecule has 6 N–H and O–H groups in total. The number of aliphatic hydroxyl groups is 1. The number of allylic oxidation sites excluding steroid dienone is 2. The molecule has 134 valence electrons. The number of hydrogen-bond acceptors (Lipinski definition) is 6. The topological polar surface area (TPSA) is 129 Å². The van der Waals surface area contributed by atoms with Gasteiger partial charge in [-0.3, -0.25) is 0 Å². The quantitative estimate of drug-likeness (QED) is 0.487. The summed E-state index contributed by atoms with van der Waals surface area (Å²) in [5.41, 5.74) is 13.5. The molecule has 0 aliphatic carbocycles. The molecule has 0 amide bonds. The first kappa shape index (κ1) is 19.1. The second kappa shape index (κ2) is 6.95. The molecule has 0 spiro atoms. The third kappa shape index (κ3) is 2.71. The Kier molecular flexibility index (Phi) is 5.11. The number of hydrogen-bond donors (Lipinski definition) is 4. The Morgan fingerprint density at radius 2 is 2.00 bits per heavy atom. The fourth-order valence-corrected chi connectivity index (χ4v) is 3.65. The number of benzene rings is 1. The first-order valence-corrected chi connectivity index (χ1v) is 8.09. The van der Waals surface area contributed by atoms with Gasteiger partial charge in [0, 0.05) is 16.8 Å². The van der Waals surface area contributed by atoms with Gasteiger partial charge in [-0.1, -0.05) is 25.8 Å². The van der Waals surface area contributed by atoms with E-state index in [0.29, 0.717) is 22.3 Å². The number of nitrogens with zero attached hydrogens (tertiary/aromatic N) is 1. The Hall–Kier alpha value is -3.22. The summed E-state index contributed by atoms with van der Waals surface area (Å²) in [5.74, 6) is 2.25. The maximum Gasteiger partial charge on any atom is 0.207 e. The van der Waals surface area contributed by atoms with E-state index in [4.69, 9.17) is 28.0 Å². The summed E-state index contributed by atoms with van der Waals surface area (Å²) in [7, 11) is 0. The van der Waals surface area contributed by atoms with Crippen molar-refractivity contribution >= 4 is 5.71 Å². The van der Waals surface area contributed by atoms with E-state index in [1.165, 1.54) is 0 Å². The van der Waals surface area contributed by atoms with Crippen LogP contribution in [0.1, 0.15) is 37.5 Å². The fourth-order valence-electron chi connectivity index (χ4n) is 3.65. The van der Waals surface area contributed by atoms with Crippen LogP contribution in [0.5, 0.6) is 0 Å². The summed E-state index contributed by atoms with van der Waals surface area (Å²) in [6.07, 6.45) is 5.57. The zero-order valence-corrected chi connectivity index (χ0v) is 15.1. The molecule has 26 heavy (non-hydrogen) atoms. The second-order valence-corrected chi connectivity index (χ2v) is 6.50. The predicted octanol–water partition coefficient (Wildman–Crippen LogP) is 1.99. The van der Waals surface area contributed by atoms with Crippen LogP contribution in [0.3, 0.4) is 0 Å². The summed E-state index contributed by atoms with van der Waals surface area (Å²) < 4.78 is 5.37. The molecular formula is C20H22N4O2. The van der Waals surface area contributed by atoms with Gasteiger partial charge in [0.15, 0.2) is 5.88 Å². The first-order valence-electron chi connectivity index (χ1n) is 8.09. The highest BCUT2D eigenvalue weighted by atomic mass is 16.5. The van der Waals surface area contributed by atoms with Crippen molar-refractivity contribution in [2.24, 2.45) is 17.4 Å². The van der Waals surface area contributed by atoms with Gasteiger partial charge in [0.2, 0.25) is 5.88 Å². The molecule has 0 radical (unpaired) electrons. The molecule has 1 aliphatic heterocycles. The minimum atomic E-state index is -1.11. The molecule has 0 bridgehead atoms. The van der Waals surface area contributed by atoms with E-state index in [1.807, 2.05) is 13.8 Å². The van der Waals surface area contributed by atoms with Crippen molar-refractivity contribution in [1.82, 2.24) is 0 Å². The van der Waals surface area contributed by atoms with Gasteiger partial charge >= 0.3 is 0 Å². The summed E-state index contributed by atoms with van der Waals surface area (Å²) in [4.78, 5) is 0. The number of nitriles is 1. The van der Waals surface area contributed by atoms with Crippen LogP contribution >= 0.6 is 0 Å². The molecule has 1 heterocycles. The standard InChI is InChI=1S/C20H22N4O2/c1-5-13-6-14(10-25)8-15(7-13)20(11(2)3)16(9-21)18(23)26-19(24)17(20)12(4)22/h1,6-8,11,22,25H,10,23-24H2,2-4H3. The monoisotopic (exact) mass is 350 g/mol. The van der Waals surface area contributed by atoms with Crippen molar-refractivity contribution in [1.29, 1.82) is 10.7 Å². The third-order valence-electron chi connectivity index (χ3n) is 4.65. The van der Waals surface area contributed by atoms with Gasteiger partial charge in [-0.05, 0) is 36.1 Å². The molecule has 2 rings (SSSR count). The van der Waals surface area contributed by atoms with Gasteiger partial charge in [0.25, 0.3) is 0 Å². The van der Waals surface area contributed by atoms with Crippen LogP contribution in [0, 0.1) is 35.0 Å². The first-order chi connectivity index (χ1) is 12.2. The van der Waals surface area contributed by atoms with E-state index in [9.17, 15) is 10.4 Å². The highest BCUT2D eigenvalue weighted by molar-refractivity contribution is 6.00. The van der Waals surface area contributed by atoms with Crippen LogP contribution in [0.25, 0.3) is 0 Å². The minimum Gasteiger partial charge on any atom is -0.424 e. The summed E-state index contributed by atoms with van der Waals surface area (Å²) in [6.45, 7) is 5.18.